The van der Waals surface area contributed by atoms with Crippen LogP contribution in [0.25, 0.3) is 0 Å². The van der Waals surface area contributed by atoms with Crippen LogP contribution < -0.4 is 16.2 Å². The third kappa shape index (κ3) is 4.64. The van der Waals surface area contributed by atoms with Crippen LogP contribution in [-0.4, -0.2) is 21.8 Å². The molecule has 1 unspecified atom stereocenters. The molecule has 2 aromatic carbocycles. The second kappa shape index (κ2) is 8.68. The number of carbonyl (C=O) groups excluding carboxylic acids is 2. The number of halogens is 2. The number of aromatic amines is 1. The Morgan fingerprint density at radius 1 is 1.13 bits per heavy atom. The van der Waals surface area contributed by atoms with Gasteiger partial charge in [0.25, 0.3) is 5.56 Å². The molecule has 1 aromatic heterocycles. The van der Waals surface area contributed by atoms with Crippen LogP contribution in [0.1, 0.15) is 23.5 Å². The summed E-state index contributed by atoms with van der Waals surface area (Å²) in [6.07, 6.45) is -0.230. The maximum absolute atomic E-state index is 13.8. The Morgan fingerprint density at radius 3 is 2.61 bits per heavy atom. The molecule has 0 spiro atoms. The zero-order valence-electron chi connectivity index (χ0n) is 15.9. The largest absolute Gasteiger partial charge is 0.326 e. The molecule has 31 heavy (non-hydrogen) atoms. The molecule has 0 saturated heterocycles. The van der Waals surface area contributed by atoms with Crippen molar-refractivity contribution in [2.45, 2.75) is 23.2 Å². The van der Waals surface area contributed by atoms with Crippen LogP contribution in [-0.2, 0) is 15.3 Å². The number of anilines is 2. The molecule has 10 heteroatoms. The number of carbonyl (C=O) groups is 2. The first kappa shape index (κ1) is 20.7. The van der Waals surface area contributed by atoms with Gasteiger partial charge in [-0.2, -0.15) is 0 Å². The van der Waals surface area contributed by atoms with Crippen molar-refractivity contribution in [2.75, 3.05) is 10.6 Å². The minimum absolute atomic E-state index is 0.00436. The van der Waals surface area contributed by atoms with E-state index in [9.17, 15) is 23.2 Å². The standard InChI is InChI=1S/C21H16F2N4O3S/c22-12-5-7-13(8-6-12)24-19(29)14-9-16(28)25-18-17(14)20(30)27-21(26-18)31-10-11-3-1-2-4-15(11)23/h1-8,14H,9-10H2,(H,24,29)(H2,25,26,27,28,30). The van der Waals surface area contributed by atoms with Crippen LogP contribution in [0.4, 0.5) is 20.3 Å². The topological polar surface area (TPSA) is 104 Å². The van der Waals surface area contributed by atoms with E-state index in [0.29, 0.717) is 11.3 Å². The Kier molecular flexibility index (Phi) is 5.81. The molecule has 1 aliphatic rings. The Morgan fingerprint density at radius 2 is 1.87 bits per heavy atom. The van der Waals surface area contributed by atoms with Gasteiger partial charge in [0.05, 0.1) is 11.5 Å². The smallest absolute Gasteiger partial charge is 0.257 e. The molecule has 0 bridgehead atoms. The number of thioether (sulfide) groups is 1. The predicted octanol–water partition coefficient (Wildman–Crippen LogP) is 3.40. The van der Waals surface area contributed by atoms with E-state index in [2.05, 4.69) is 20.6 Å². The molecule has 2 heterocycles. The summed E-state index contributed by atoms with van der Waals surface area (Å²) in [5, 5.41) is 5.29. The highest BCUT2D eigenvalue weighted by atomic mass is 32.2. The van der Waals surface area contributed by atoms with Crippen molar-refractivity contribution in [1.29, 1.82) is 0 Å². The van der Waals surface area contributed by atoms with Crippen LogP contribution >= 0.6 is 11.8 Å². The lowest BCUT2D eigenvalue weighted by molar-refractivity contribution is -0.123. The molecule has 7 nitrogen and oxygen atoms in total. The third-order valence-electron chi connectivity index (χ3n) is 4.68. The van der Waals surface area contributed by atoms with Crippen molar-refractivity contribution in [1.82, 2.24) is 9.97 Å². The van der Waals surface area contributed by atoms with E-state index in [1.165, 1.54) is 30.3 Å². The second-order valence-corrected chi connectivity index (χ2v) is 7.78. The first-order chi connectivity index (χ1) is 14.9. The van der Waals surface area contributed by atoms with E-state index >= 15 is 0 Å². The molecule has 0 fully saturated rings. The summed E-state index contributed by atoms with van der Waals surface area (Å²) in [5.41, 5.74) is 0.239. The Balaban J connectivity index is 1.58. The molecule has 158 valence electrons. The van der Waals surface area contributed by atoms with Crippen molar-refractivity contribution in [3.8, 4) is 0 Å². The molecular weight excluding hydrogens is 426 g/mol. The van der Waals surface area contributed by atoms with Crippen LogP contribution in [0, 0.1) is 11.6 Å². The average molecular weight is 442 g/mol. The fourth-order valence-electron chi connectivity index (χ4n) is 3.17. The summed E-state index contributed by atoms with van der Waals surface area (Å²) in [5.74, 6) is -2.72. The van der Waals surface area contributed by atoms with Crippen molar-refractivity contribution < 1.29 is 18.4 Å². The number of aromatic nitrogens is 2. The third-order valence-corrected chi connectivity index (χ3v) is 5.60. The molecule has 0 aliphatic carbocycles. The monoisotopic (exact) mass is 442 g/mol. The van der Waals surface area contributed by atoms with Crippen molar-refractivity contribution in [3.05, 3.63) is 81.6 Å². The maximum Gasteiger partial charge on any atom is 0.257 e. The van der Waals surface area contributed by atoms with Gasteiger partial charge in [-0.05, 0) is 35.9 Å². The first-order valence-corrected chi connectivity index (χ1v) is 10.3. The maximum atomic E-state index is 13.8. The minimum Gasteiger partial charge on any atom is -0.326 e. The van der Waals surface area contributed by atoms with Crippen molar-refractivity contribution in [3.63, 3.8) is 0 Å². The lowest BCUT2D eigenvalue weighted by Gasteiger charge is -2.23. The number of benzene rings is 2. The van der Waals surface area contributed by atoms with Crippen LogP contribution in [0.3, 0.4) is 0 Å². The molecule has 0 saturated carbocycles. The number of rotatable bonds is 5. The Hall–Kier alpha value is -3.53. The van der Waals surface area contributed by atoms with Gasteiger partial charge in [-0.1, -0.05) is 30.0 Å². The van der Waals surface area contributed by atoms with Crippen LogP contribution in [0.2, 0.25) is 0 Å². The van der Waals surface area contributed by atoms with E-state index < -0.39 is 29.1 Å². The summed E-state index contributed by atoms with van der Waals surface area (Å²) in [6, 6.07) is 11.4. The van der Waals surface area contributed by atoms with E-state index in [1.807, 2.05) is 0 Å². The molecule has 4 rings (SSSR count). The number of fused-ring (bicyclic) bond motifs is 1. The van der Waals surface area contributed by atoms with Crippen molar-refractivity contribution in [2.24, 2.45) is 0 Å². The number of nitrogens with zero attached hydrogens (tertiary/aromatic N) is 1. The highest BCUT2D eigenvalue weighted by Gasteiger charge is 2.34. The SMILES string of the molecule is O=C1CC(C(=O)Nc2ccc(F)cc2)c2c(nc(SCc3ccccc3F)[nH]c2=O)N1. The highest BCUT2D eigenvalue weighted by Crippen LogP contribution is 2.31. The van der Waals surface area contributed by atoms with Gasteiger partial charge < -0.3 is 15.6 Å². The predicted molar refractivity (Wildman–Crippen MR) is 112 cm³/mol. The fourth-order valence-corrected chi connectivity index (χ4v) is 4.01. The summed E-state index contributed by atoms with van der Waals surface area (Å²) < 4.78 is 26.9. The minimum atomic E-state index is -1.06. The van der Waals surface area contributed by atoms with Gasteiger partial charge >= 0.3 is 0 Å². The van der Waals surface area contributed by atoms with Gasteiger partial charge in [-0.3, -0.25) is 14.4 Å². The van der Waals surface area contributed by atoms with E-state index in [-0.39, 0.29) is 34.5 Å². The quantitative estimate of drug-likeness (QED) is 0.415. The van der Waals surface area contributed by atoms with E-state index in [0.717, 1.165) is 11.8 Å². The summed E-state index contributed by atoms with van der Waals surface area (Å²) in [4.78, 5) is 44.4. The van der Waals surface area contributed by atoms with E-state index in [1.54, 1.807) is 18.2 Å². The van der Waals surface area contributed by atoms with Crippen molar-refractivity contribution >= 4 is 35.1 Å². The zero-order valence-corrected chi connectivity index (χ0v) is 16.8. The Bertz CT molecular complexity index is 1210. The molecule has 2 amide bonds. The number of hydrogen-bond donors (Lipinski definition) is 3. The fraction of sp³-hybridized carbons (Fsp3) is 0.143. The normalized spacial score (nSPS) is 15.2. The van der Waals surface area contributed by atoms with Gasteiger partial charge in [-0.15, -0.1) is 0 Å². The lowest BCUT2D eigenvalue weighted by Crippen LogP contribution is -2.36. The highest BCUT2D eigenvalue weighted by molar-refractivity contribution is 7.98. The summed E-state index contributed by atoms with van der Waals surface area (Å²) in [7, 11) is 0. The van der Waals surface area contributed by atoms with Gasteiger partial charge in [0.15, 0.2) is 5.16 Å². The lowest BCUT2D eigenvalue weighted by atomic mass is 9.92. The summed E-state index contributed by atoms with van der Waals surface area (Å²) >= 11 is 1.10. The van der Waals surface area contributed by atoms with Gasteiger partial charge in [-0.25, -0.2) is 13.8 Å². The number of hydrogen-bond acceptors (Lipinski definition) is 5. The number of amides is 2. The molecule has 3 N–H and O–H groups in total. The average Bonchev–Trinajstić information content (AvgIpc) is 2.74. The zero-order chi connectivity index (χ0) is 22.0. The van der Waals surface area contributed by atoms with Crippen LogP contribution in [0.5, 0.6) is 0 Å². The van der Waals surface area contributed by atoms with Crippen LogP contribution in [0.15, 0.2) is 58.5 Å². The second-order valence-electron chi connectivity index (χ2n) is 6.81. The first-order valence-electron chi connectivity index (χ1n) is 9.27. The molecule has 0 radical (unpaired) electrons. The van der Waals surface area contributed by atoms with Gasteiger partial charge in [0.2, 0.25) is 11.8 Å². The van der Waals surface area contributed by atoms with Gasteiger partial charge in [0, 0.05) is 17.9 Å². The van der Waals surface area contributed by atoms with E-state index in [4.69, 9.17) is 0 Å². The Labute approximate surface area is 179 Å². The number of nitrogens with one attached hydrogen (secondary N) is 3. The molecule has 3 aromatic rings. The molecule has 1 atom stereocenters. The molecular formula is C21H16F2N4O3S. The van der Waals surface area contributed by atoms with Gasteiger partial charge in [0.1, 0.15) is 17.5 Å². The number of H-pyrrole nitrogens is 1. The summed E-state index contributed by atoms with van der Waals surface area (Å²) in [6.45, 7) is 0. The molecule has 1 aliphatic heterocycles.